The Balaban J connectivity index is 1.29. The molecule has 0 atom stereocenters. The summed E-state index contributed by atoms with van der Waals surface area (Å²) in [6.45, 7) is 5.71. The summed E-state index contributed by atoms with van der Waals surface area (Å²) in [7, 11) is 1.73. The van der Waals surface area contributed by atoms with E-state index in [-0.39, 0.29) is 5.91 Å². The number of ether oxygens (including phenoxy) is 1. The van der Waals surface area contributed by atoms with Gasteiger partial charge in [0.1, 0.15) is 5.75 Å². The Morgan fingerprint density at radius 3 is 2.38 bits per heavy atom. The number of halogens is 1. The second kappa shape index (κ2) is 9.06. The molecule has 2 aromatic rings. The number of amides is 1. The van der Waals surface area contributed by atoms with Crippen LogP contribution in [0.25, 0.3) is 0 Å². The van der Waals surface area contributed by atoms with Crippen molar-refractivity contribution in [3.63, 3.8) is 0 Å². The fraction of sp³-hybridized carbons (Fsp3) is 0.435. The minimum Gasteiger partial charge on any atom is -0.495 e. The van der Waals surface area contributed by atoms with E-state index in [1.807, 2.05) is 29.2 Å². The average molecular weight is 414 g/mol. The topological polar surface area (TPSA) is 36.0 Å². The van der Waals surface area contributed by atoms with Gasteiger partial charge in [-0.1, -0.05) is 29.8 Å². The Morgan fingerprint density at radius 2 is 1.69 bits per heavy atom. The number of anilines is 1. The molecule has 154 valence electrons. The van der Waals surface area contributed by atoms with Gasteiger partial charge < -0.3 is 14.5 Å². The van der Waals surface area contributed by atoms with Crippen molar-refractivity contribution in [2.45, 2.75) is 18.9 Å². The van der Waals surface area contributed by atoms with E-state index in [4.69, 9.17) is 16.3 Å². The van der Waals surface area contributed by atoms with Crippen molar-refractivity contribution in [1.29, 1.82) is 0 Å². The Labute approximate surface area is 177 Å². The van der Waals surface area contributed by atoms with Crippen LogP contribution in [0.15, 0.2) is 48.5 Å². The van der Waals surface area contributed by atoms with E-state index in [0.29, 0.717) is 16.6 Å². The summed E-state index contributed by atoms with van der Waals surface area (Å²) in [5.41, 5.74) is 1.86. The van der Waals surface area contributed by atoms with Crippen molar-refractivity contribution in [2.75, 3.05) is 51.3 Å². The van der Waals surface area contributed by atoms with Crippen LogP contribution >= 0.6 is 11.6 Å². The highest BCUT2D eigenvalue weighted by molar-refractivity contribution is 6.30. The second-order valence-corrected chi connectivity index (χ2v) is 8.17. The lowest BCUT2D eigenvalue weighted by Gasteiger charge is -2.43. The van der Waals surface area contributed by atoms with Gasteiger partial charge in [0, 0.05) is 55.9 Å². The van der Waals surface area contributed by atoms with Crippen molar-refractivity contribution in [1.82, 2.24) is 9.80 Å². The average Bonchev–Trinajstić information content (AvgIpc) is 2.79. The van der Waals surface area contributed by atoms with Gasteiger partial charge in [-0.3, -0.25) is 9.69 Å². The minimum absolute atomic E-state index is 0.0898. The molecule has 0 aromatic heterocycles. The highest BCUT2D eigenvalue weighted by Gasteiger charge is 2.30. The zero-order valence-corrected chi connectivity index (χ0v) is 17.6. The molecule has 2 saturated heterocycles. The number of hydrogen-bond acceptors (Lipinski definition) is 4. The van der Waals surface area contributed by atoms with E-state index in [0.717, 1.165) is 57.9 Å². The van der Waals surface area contributed by atoms with E-state index < -0.39 is 0 Å². The van der Waals surface area contributed by atoms with E-state index in [9.17, 15) is 4.79 Å². The normalized spacial score (nSPS) is 18.7. The van der Waals surface area contributed by atoms with E-state index in [2.05, 4.69) is 21.9 Å². The van der Waals surface area contributed by atoms with Crippen LogP contribution in [0.2, 0.25) is 5.02 Å². The predicted octanol–water partition coefficient (Wildman–Crippen LogP) is 3.78. The summed E-state index contributed by atoms with van der Waals surface area (Å²) in [5, 5.41) is 0.610. The molecule has 6 heteroatoms. The van der Waals surface area contributed by atoms with Crippen LogP contribution in [0.1, 0.15) is 23.2 Å². The molecule has 0 N–H and O–H groups in total. The lowest BCUT2D eigenvalue weighted by Crippen LogP contribution is -2.53. The number of methoxy groups -OCH3 is 1. The van der Waals surface area contributed by atoms with Gasteiger partial charge in [-0.2, -0.15) is 0 Å². The molecule has 0 aliphatic carbocycles. The molecule has 0 radical (unpaired) electrons. The van der Waals surface area contributed by atoms with Crippen LogP contribution in [0, 0.1) is 0 Å². The molecular weight excluding hydrogens is 386 g/mol. The number of piperidine rings is 1. The summed E-state index contributed by atoms with van der Waals surface area (Å²) in [4.78, 5) is 19.7. The zero-order chi connectivity index (χ0) is 20.2. The van der Waals surface area contributed by atoms with E-state index in [1.165, 1.54) is 5.69 Å². The number of nitrogens with zero attached hydrogens (tertiary/aromatic N) is 3. The third kappa shape index (κ3) is 4.51. The summed E-state index contributed by atoms with van der Waals surface area (Å²) >= 11 is 6.04. The van der Waals surface area contributed by atoms with Crippen LogP contribution in [0.3, 0.4) is 0 Å². The van der Waals surface area contributed by atoms with Gasteiger partial charge in [0.15, 0.2) is 0 Å². The molecule has 0 unspecified atom stereocenters. The fourth-order valence-electron chi connectivity index (χ4n) is 4.46. The van der Waals surface area contributed by atoms with Crippen molar-refractivity contribution < 1.29 is 9.53 Å². The number of benzene rings is 2. The van der Waals surface area contributed by atoms with Crippen LogP contribution in [0.4, 0.5) is 5.69 Å². The third-order valence-electron chi connectivity index (χ3n) is 6.08. The van der Waals surface area contributed by atoms with Gasteiger partial charge in [-0.15, -0.1) is 0 Å². The molecule has 29 heavy (non-hydrogen) atoms. The number of rotatable bonds is 4. The summed E-state index contributed by atoms with van der Waals surface area (Å²) in [6, 6.07) is 16.0. The van der Waals surface area contributed by atoms with Crippen LogP contribution < -0.4 is 9.64 Å². The molecule has 2 aromatic carbocycles. The molecule has 0 bridgehead atoms. The molecule has 2 aliphatic heterocycles. The van der Waals surface area contributed by atoms with Crippen LogP contribution in [-0.2, 0) is 0 Å². The van der Waals surface area contributed by atoms with Crippen molar-refractivity contribution >= 4 is 23.2 Å². The monoisotopic (exact) mass is 413 g/mol. The highest BCUT2D eigenvalue weighted by Crippen LogP contribution is 2.29. The highest BCUT2D eigenvalue weighted by atomic mass is 35.5. The molecule has 0 spiro atoms. The number of likely N-dealkylation sites (tertiary alicyclic amines) is 1. The summed E-state index contributed by atoms with van der Waals surface area (Å²) < 4.78 is 5.52. The molecule has 1 amide bonds. The second-order valence-electron chi connectivity index (χ2n) is 7.73. The van der Waals surface area contributed by atoms with Crippen LogP contribution in [-0.4, -0.2) is 68.1 Å². The molecule has 2 fully saturated rings. The molecule has 0 saturated carbocycles. The van der Waals surface area contributed by atoms with Gasteiger partial charge >= 0.3 is 0 Å². The first-order valence-corrected chi connectivity index (χ1v) is 10.7. The molecule has 2 heterocycles. The van der Waals surface area contributed by atoms with Gasteiger partial charge in [-0.05, 0) is 43.2 Å². The van der Waals surface area contributed by atoms with Crippen molar-refractivity contribution in [3.8, 4) is 5.75 Å². The number of carbonyl (C=O) groups is 1. The standard InChI is InChI=1S/C23H28ClN3O2/c1-29-22-8-3-2-7-21(22)26-15-13-25(14-16-26)20-9-11-27(12-10-20)23(28)18-5-4-6-19(24)17-18/h2-8,17,20H,9-16H2,1H3. The number of piperazine rings is 1. The Morgan fingerprint density at radius 1 is 0.966 bits per heavy atom. The van der Waals surface area contributed by atoms with Gasteiger partial charge in [0.2, 0.25) is 0 Å². The fourth-order valence-corrected chi connectivity index (χ4v) is 4.65. The lowest BCUT2D eigenvalue weighted by molar-refractivity contribution is 0.0611. The number of hydrogen-bond donors (Lipinski definition) is 0. The smallest absolute Gasteiger partial charge is 0.253 e. The van der Waals surface area contributed by atoms with Crippen molar-refractivity contribution in [3.05, 3.63) is 59.1 Å². The Bertz CT molecular complexity index is 844. The first-order chi connectivity index (χ1) is 14.2. The van der Waals surface area contributed by atoms with Crippen molar-refractivity contribution in [2.24, 2.45) is 0 Å². The maximum Gasteiger partial charge on any atom is 0.253 e. The van der Waals surface area contributed by atoms with E-state index in [1.54, 1.807) is 19.2 Å². The maximum absolute atomic E-state index is 12.7. The summed E-state index contributed by atoms with van der Waals surface area (Å²) in [5.74, 6) is 1.03. The quantitative estimate of drug-likeness (QED) is 0.764. The molecule has 4 rings (SSSR count). The maximum atomic E-state index is 12.7. The first-order valence-electron chi connectivity index (χ1n) is 10.3. The van der Waals surface area contributed by atoms with Gasteiger partial charge in [0.05, 0.1) is 12.8 Å². The summed E-state index contributed by atoms with van der Waals surface area (Å²) in [6.07, 6.45) is 2.06. The zero-order valence-electron chi connectivity index (χ0n) is 16.9. The first kappa shape index (κ1) is 20.0. The van der Waals surface area contributed by atoms with E-state index >= 15 is 0 Å². The Kier molecular flexibility index (Phi) is 6.26. The lowest BCUT2D eigenvalue weighted by atomic mass is 10.0. The number of para-hydroxylation sites is 2. The SMILES string of the molecule is COc1ccccc1N1CCN(C2CCN(C(=O)c3cccc(Cl)c3)CC2)CC1. The Hall–Kier alpha value is -2.24. The molecule has 5 nitrogen and oxygen atoms in total. The van der Waals surface area contributed by atoms with Crippen LogP contribution in [0.5, 0.6) is 5.75 Å². The molecular formula is C23H28ClN3O2. The predicted molar refractivity (Wildman–Crippen MR) is 117 cm³/mol. The minimum atomic E-state index is 0.0898. The molecule has 2 aliphatic rings. The third-order valence-corrected chi connectivity index (χ3v) is 6.31. The van der Waals surface area contributed by atoms with Gasteiger partial charge in [-0.25, -0.2) is 0 Å². The van der Waals surface area contributed by atoms with Gasteiger partial charge in [0.25, 0.3) is 5.91 Å². The largest absolute Gasteiger partial charge is 0.495 e. The number of carbonyl (C=O) groups excluding carboxylic acids is 1.